The molecule has 2 N–H and O–H groups in total. The van der Waals surface area contributed by atoms with E-state index in [4.69, 9.17) is 9.47 Å². The Bertz CT molecular complexity index is 620. The fourth-order valence-electron chi connectivity index (χ4n) is 2.74. The summed E-state index contributed by atoms with van der Waals surface area (Å²) in [5, 5.41) is 20.7. The highest BCUT2D eigenvalue weighted by Gasteiger charge is 2.29. The fourth-order valence-corrected chi connectivity index (χ4v) is 2.74. The first-order valence-electron chi connectivity index (χ1n) is 7.82. The number of benzene rings is 2. The van der Waals surface area contributed by atoms with Gasteiger partial charge in [0.15, 0.2) is 0 Å². The summed E-state index contributed by atoms with van der Waals surface area (Å²) in [6, 6.07) is 10.5. The highest BCUT2D eigenvalue weighted by atomic mass is 16.5. The standard InChI is InChI=1S/C19H24O4/c1-5-22-13-7-9-15(17(20)11-13)19(3,4)16-10-8-14(23-6-2)12-18(16)21/h7-12,20-21H,5-6H2,1-4H3. The molecule has 0 aliphatic carbocycles. The zero-order valence-electron chi connectivity index (χ0n) is 14.1. The Morgan fingerprint density at radius 3 is 1.48 bits per heavy atom. The van der Waals surface area contributed by atoms with Crippen molar-refractivity contribution in [2.45, 2.75) is 33.1 Å². The molecular formula is C19H24O4. The van der Waals surface area contributed by atoms with E-state index in [9.17, 15) is 10.2 Å². The van der Waals surface area contributed by atoms with Crippen molar-refractivity contribution in [3.8, 4) is 23.0 Å². The van der Waals surface area contributed by atoms with E-state index in [2.05, 4.69) is 0 Å². The molecule has 0 aliphatic heterocycles. The van der Waals surface area contributed by atoms with Crippen LogP contribution in [-0.2, 0) is 5.41 Å². The van der Waals surface area contributed by atoms with Crippen LogP contribution in [0.5, 0.6) is 23.0 Å². The third-order valence-electron chi connectivity index (χ3n) is 3.91. The second-order valence-electron chi connectivity index (χ2n) is 5.85. The Hall–Kier alpha value is -2.36. The van der Waals surface area contributed by atoms with Crippen LogP contribution in [0.15, 0.2) is 36.4 Å². The fraction of sp³-hybridized carbons (Fsp3) is 0.368. The van der Waals surface area contributed by atoms with Crippen molar-refractivity contribution in [2.75, 3.05) is 13.2 Å². The summed E-state index contributed by atoms with van der Waals surface area (Å²) in [5.41, 5.74) is 0.879. The van der Waals surface area contributed by atoms with E-state index in [0.29, 0.717) is 24.7 Å². The van der Waals surface area contributed by atoms with Crippen molar-refractivity contribution in [1.82, 2.24) is 0 Å². The topological polar surface area (TPSA) is 58.9 Å². The van der Waals surface area contributed by atoms with Gasteiger partial charge in [0, 0.05) is 28.7 Å². The predicted molar refractivity (Wildman–Crippen MR) is 90.7 cm³/mol. The molecule has 0 fully saturated rings. The van der Waals surface area contributed by atoms with Crippen LogP contribution in [0.1, 0.15) is 38.8 Å². The van der Waals surface area contributed by atoms with Crippen molar-refractivity contribution in [2.24, 2.45) is 0 Å². The number of rotatable bonds is 6. The van der Waals surface area contributed by atoms with Gasteiger partial charge in [0.2, 0.25) is 0 Å². The molecule has 0 amide bonds. The first-order chi connectivity index (χ1) is 10.9. The summed E-state index contributed by atoms with van der Waals surface area (Å²) in [5.74, 6) is 1.55. The van der Waals surface area contributed by atoms with Crippen LogP contribution < -0.4 is 9.47 Å². The van der Waals surface area contributed by atoms with Gasteiger partial charge in [0.1, 0.15) is 23.0 Å². The summed E-state index contributed by atoms with van der Waals surface area (Å²) in [4.78, 5) is 0. The molecule has 0 saturated carbocycles. The van der Waals surface area contributed by atoms with E-state index < -0.39 is 5.41 Å². The Balaban J connectivity index is 2.41. The average Bonchev–Trinajstić information content (AvgIpc) is 2.47. The molecule has 0 aliphatic rings. The maximum atomic E-state index is 10.4. The van der Waals surface area contributed by atoms with E-state index in [1.807, 2.05) is 52.0 Å². The Morgan fingerprint density at radius 2 is 1.17 bits per heavy atom. The van der Waals surface area contributed by atoms with Gasteiger partial charge in [-0.15, -0.1) is 0 Å². The van der Waals surface area contributed by atoms with Crippen LogP contribution in [0.4, 0.5) is 0 Å². The monoisotopic (exact) mass is 316 g/mol. The molecule has 0 atom stereocenters. The minimum atomic E-state index is -0.566. The Morgan fingerprint density at radius 1 is 0.783 bits per heavy atom. The molecule has 0 unspecified atom stereocenters. The van der Waals surface area contributed by atoms with E-state index >= 15 is 0 Å². The number of aromatic hydroxyl groups is 2. The number of phenols is 2. The van der Waals surface area contributed by atoms with Crippen LogP contribution >= 0.6 is 0 Å². The molecule has 2 aromatic carbocycles. The molecule has 4 heteroatoms. The quantitative estimate of drug-likeness (QED) is 0.837. The van der Waals surface area contributed by atoms with Gasteiger partial charge in [0.05, 0.1) is 13.2 Å². The van der Waals surface area contributed by atoms with Crippen molar-refractivity contribution in [1.29, 1.82) is 0 Å². The van der Waals surface area contributed by atoms with Gasteiger partial charge < -0.3 is 19.7 Å². The van der Waals surface area contributed by atoms with Crippen molar-refractivity contribution >= 4 is 0 Å². The van der Waals surface area contributed by atoms with E-state index in [-0.39, 0.29) is 11.5 Å². The summed E-state index contributed by atoms with van der Waals surface area (Å²) >= 11 is 0. The van der Waals surface area contributed by atoms with Gasteiger partial charge in [-0.25, -0.2) is 0 Å². The van der Waals surface area contributed by atoms with E-state index in [0.717, 1.165) is 11.1 Å². The number of hydrogen-bond acceptors (Lipinski definition) is 4. The molecule has 2 aromatic rings. The highest BCUT2D eigenvalue weighted by molar-refractivity contribution is 5.53. The molecule has 0 bridgehead atoms. The zero-order valence-corrected chi connectivity index (χ0v) is 14.1. The minimum absolute atomic E-state index is 0.147. The lowest BCUT2D eigenvalue weighted by Gasteiger charge is -2.28. The van der Waals surface area contributed by atoms with Crippen LogP contribution in [0, 0.1) is 0 Å². The first-order valence-corrected chi connectivity index (χ1v) is 7.82. The lowest BCUT2D eigenvalue weighted by Crippen LogP contribution is -2.19. The predicted octanol–water partition coefficient (Wildman–Crippen LogP) is 4.22. The molecule has 0 spiro atoms. The lowest BCUT2D eigenvalue weighted by molar-refractivity contribution is 0.336. The van der Waals surface area contributed by atoms with Gasteiger partial charge in [-0.05, 0) is 26.0 Å². The second-order valence-corrected chi connectivity index (χ2v) is 5.85. The number of phenolic OH excluding ortho intramolecular Hbond substituents is 2. The van der Waals surface area contributed by atoms with Crippen LogP contribution in [0.2, 0.25) is 0 Å². The molecule has 4 nitrogen and oxygen atoms in total. The van der Waals surface area contributed by atoms with Crippen LogP contribution in [0.25, 0.3) is 0 Å². The van der Waals surface area contributed by atoms with Crippen molar-refractivity contribution in [3.63, 3.8) is 0 Å². The minimum Gasteiger partial charge on any atom is -0.507 e. The normalized spacial score (nSPS) is 11.3. The Labute approximate surface area is 137 Å². The summed E-state index contributed by atoms with van der Waals surface area (Å²) < 4.78 is 10.8. The number of hydrogen-bond donors (Lipinski definition) is 2. The highest BCUT2D eigenvalue weighted by Crippen LogP contribution is 2.42. The molecule has 23 heavy (non-hydrogen) atoms. The molecular weight excluding hydrogens is 292 g/mol. The average molecular weight is 316 g/mol. The molecule has 0 aromatic heterocycles. The summed E-state index contributed by atoms with van der Waals surface area (Å²) in [6.45, 7) is 8.79. The largest absolute Gasteiger partial charge is 0.507 e. The molecule has 0 radical (unpaired) electrons. The van der Waals surface area contributed by atoms with Crippen molar-refractivity contribution < 1.29 is 19.7 Å². The zero-order chi connectivity index (χ0) is 17.0. The van der Waals surface area contributed by atoms with Crippen molar-refractivity contribution in [3.05, 3.63) is 47.5 Å². The maximum Gasteiger partial charge on any atom is 0.123 e. The smallest absolute Gasteiger partial charge is 0.123 e. The van der Waals surface area contributed by atoms with Crippen LogP contribution in [0.3, 0.4) is 0 Å². The third kappa shape index (κ3) is 3.52. The summed E-state index contributed by atoms with van der Waals surface area (Å²) in [7, 11) is 0. The van der Waals surface area contributed by atoms with Gasteiger partial charge in [-0.1, -0.05) is 26.0 Å². The third-order valence-corrected chi connectivity index (χ3v) is 3.91. The van der Waals surface area contributed by atoms with E-state index in [1.54, 1.807) is 12.1 Å². The molecule has 0 saturated heterocycles. The first kappa shape index (κ1) is 17.0. The Kier molecular flexibility index (Phi) is 5.04. The SMILES string of the molecule is CCOc1ccc(C(C)(C)c2ccc(OCC)cc2O)c(O)c1. The van der Waals surface area contributed by atoms with Gasteiger partial charge in [-0.2, -0.15) is 0 Å². The second kappa shape index (κ2) is 6.82. The lowest BCUT2D eigenvalue weighted by atomic mass is 9.77. The van der Waals surface area contributed by atoms with E-state index in [1.165, 1.54) is 0 Å². The maximum absolute atomic E-state index is 10.4. The molecule has 124 valence electrons. The molecule has 0 heterocycles. The van der Waals surface area contributed by atoms with Gasteiger partial charge >= 0.3 is 0 Å². The van der Waals surface area contributed by atoms with Crippen LogP contribution in [-0.4, -0.2) is 23.4 Å². The van der Waals surface area contributed by atoms with Gasteiger partial charge in [0.25, 0.3) is 0 Å². The number of ether oxygens (including phenoxy) is 2. The molecule has 2 rings (SSSR count). The summed E-state index contributed by atoms with van der Waals surface area (Å²) in [6.07, 6.45) is 0. The van der Waals surface area contributed by atoms with Gasteiger partial charge in [-0.3, -0.25) is 0 Å².